The number of imidazole rings is 1. The van der Waals surface area contributed by atoms with Crippen molar-refractivity contribution in [2.24, 2.45) is 13.0 Å². The Kier molecular flexibility index (Phi) is 5.03. The molecule has 1 heterocycles. The second-order valence-electron chi connectivity index (χ2n) is 5.67. The van der Waals surface area contributed by atoms with Gasteiger partial charge in [0.2, 0.25) is 5.91 Å². The van der Waals surface area contributed by atoms with E-state index in [0.717, 1.165) is 17.5 Å². The molecule has 0 radical (unpaired) electrons. The Morgan fingerprint density at radius 2 is 1.95 bits per heavy atom. The monoisotopic (exact) mass is 305 g/mol. The van der Waals surface area contributed by atoms with Gasteiger partial charge in [-0.25, -0.2) is 4.79 Å². The molecular weight excluding hydrogens is 282 g/mol. The second kappa shape index (κ2) is 6.79. The van der Waals surface area contributed by atoms with Crippen molar-refractivity contribution in [3.63, 3.8) is 0 Å². The van der Waals surface area contributed by atoms with Gasteiger partial charge >= 0.3 is 5.69 Å². The fourth-order valence-electron chi connectivity index (χ4n) is 2.41. The number of aliphatic hydroxyl groups excluding tert-OH is 1. The van der Waals surface area contributed by atoms with Crippen LogP contribution >= 0.6 is 0 Å². The number of nitrogens with one attached hydrogen (secondary N) is 1. The number of hydrogen-bond donors (Lipinski definition) is 2. The van der Waals surface area contributed by atoms with Crippen molar-refractivity contribution < 1.29 is 9.90 Å². The molecule has 0 spiro atoms. The van der Waals surface area contributed by atoms with Crippen LogP contribution in [0.4, 0.5) is 0 Å². The first-order chi connectivity index (χ1) is 10.5. The number of benzene rings is 1. The number of hydrogen-bond acceptors (Lipinski definition) is 3. The van der Waals surface area contributed by atoms with Crippen LogP contribution in [0.3, 0.4) is 0 Å². The molecule has 0 aliphatic rings. The summed E-state index contributed by atoms with van der Waals surface area (Å²) in [6, 6.07) is 7.35. The molecule has 6 nitrogen and oxygen atoms in total. The maximum Gasteiger partial charge on any atom is 0.329 e. The number of aromatic nitrogens is 2. The zero-order chi connectivity index (χ0) is 16.3. The normalized spacial score (nSPS) is 14.0. The quantitative estimate of drug-likeness (QED) is 0.831. The van der Waals surface area contributed by atoms with Gasteiger partial charge in [0.25, 0.3) is 0 Å². The van der Waals surface area contributed by atoms with Crippen LogP contribution in [-0.4, -0.2) is 32.8 Å². The van der Waals surface area contributed by atoms with Gasteiger partial charge in [-0.3, -0.25) is 13.9 Å². The summed E-state index contributed by atoms with van der Waals surface area (Å²) < 4.78 is 2.97. The zero-order valence-corrected chi connectivity index (χ0v) is 13.2. The number of nitrogens with zero attached hydrogens (tertiary/aromatic N) is 2. The van der Waals surface area contributed by atoms with Crippen molar-refractivity contribution in [2.75, 3.05) is 6.54 Å². The van der Waals surface area contributed by atoms with Crippen molar-refractivity contribution in [1.29, 1.82) is 0 Å². The van der Waals surface area contributed by atoms with Crippen LogP contribution in [0, 0.1) is 5.92 Å². The summed E-state index contributed by atoms with van der Waals surface area (Å²) in [5.74, 6) is -0.151. The fourth-order valence-corrected chi connectivity index (χ4v) is 2.41. The Morgan fingerprint density at radius 1 is 1.32 bits per heavy atom. The largest absolute Gasteiger partial charge is 0.391 e. The Bertz CT molecular complexity index is 717. The number of para-hydroxylation sites is 2. The van der Waals surface area contributed by atoms with Gasteiger partial charge in [-0.2, -0.15) is 0 Å². The molecule has 120 valence electrons. The van der Waals surface area contributed by atoms with Crippen LogP contribution in [0.1, 0.15) is 20.3 Å². The van der Waals surface area contributed by atoms with Gasteiger partial charge in [-0.1, -0.05) is 32.4 Å². The molecule has 1 amide bonds. The number of aliphatic hydroxyl groups is 1. The van der Waals surface area contributed by atoms with Gasteiger partial charge in [-0.15, -0.1) is 0 Å². The number of amides is 1. The highest BCUT2D eigenvalue weighted by Gasteiger charge is 2.16. The van der Waals surface area contributed by atoms with Crippen LogP contribution in [0.2, 0.25) is 0 Å². The van der Waals surface area contributed by atoms with E-state index in [2.05, 4.69) is 5.32 Å². The molecule has 2 N–H and O–H groups in total. The molecule has 0 saturated heterocycles. The van der Waals surface area contributed by atoms with Crippen molar-refractivity contribution in [1.82, 2.24) is 14.5 Å². The van der Waals surface area contributed by atoms with E-state index in [-0.39, 0.29) is 30.6 Å². The lowest BCUT2D eigenvalue weighted by Gasteiger charge is -2.17. The molecule has 0 saturated carbocycles. The van der Waals surface area contributed by atoms with Gasteiger partial charge in [0.15, 0.2) is 0 Å². The summed E-state index contributed by atoms with van der Waals surface area (Å²) in [6.45, 7) is 4.08. The molecule has 0 aliphatic heterocycles. The highest BCUT2D eigenvalue weighted by atomic mass is 16.3. The summed E-state index contributed by atoms with van der Waals surface area (Å²) in [5, 5.41) is 12.6. The van der Waals surface area contributed by atoms with E-state index in [9.17, 15) is 14.7 Å². The predicted molar refractivity (Wildman–Crippen MR) is 85.7 cm³/mol. The topological polar surface area (TPSA) is 76.3 Å². The third-order valence-corrected chi connectivity index (χ3v) is 4.16. The summed E-state index contributed by atoms with van der Waals surface area (Å²) in [5.41, 5.74) is 1.30. The molecule has 0 fully saturated rings. The first-order valence-corrected chi connectivity index (χ1v) is 7.54. The summed E-state index contributed by atoms with van der Waals surface area (Å²) >= 11 is 0. The van der Waals surface area contributed by atoms with E-state index in [1.54, 1.807) is 7.05 Å². The average molecular weight is 305 g/mol. The Labute approximate surface area is 129 Å². The lowest BCUT2D eigenvalue weighted by atomic mass is 10.0. The number of carbonyl (C=O) groups is 1. The minimum absolute atomic E-state index is 0.0482. The third-order valence-electron chi connectivity index (χ3n) is 4.16. The Balaban J connectivity index is 2.10. The van der Waals surface area contributed by atoms with Gasteiger partial charge < -0.3 is 10.4 Å². The third kappa shape index (κ3) is 3.22. The van der Waals surface area contributed by atoms with Gasteiger partial charge in [-0.05, 0) is 18.1 Å². The van der Waals surface area contributed by atoms with Crippen molar-refractivity contribution in [2.45, 2.75) is 32.9 Å². The van der Waals surface area contributed by atoms with Gasteiger partial charge in [0.05, 0.1) is 17.1 Å². The molecule has 0 bridgehead atoms. The van der Waals surface area contributed by atoms with E-state index in [1.807, 2.05) is 38.1 Å². The summed E-state index contributed by atoms with van der Waals surface area (Å²) in [4.78, 5) is 24.3. The molecule has 1 aromatic heterocycles. The lowest BCUT2D eigenvalue weighted by Crippen LogP contribution is -2.38. The molecular formula is C16H23N3O3. The maximum atomic E-state index is 12.2. The minimum atomic E-state index is -0.571. The van der Waals surface area contributed by atoms with Crippen LogP contribution in [0.25, 0.3) is 11.0 Å². The van der Waals surface area contributed by atoms with E-state index in [0.29, 0.717) is 0 Å². The Morgan fingerprint density at radius 3 is 2.59 bits per heavy atom. The molecule has 2 rings (SSSR count). The van der Waals surface area contributed by atoms with Crippen LogP contribution in [-0.2, 0) is 18.4 Å². The SMILES string of the molecule is CCC(C)C(O)CNC(=O)Cn1c(=O)n(C)c2ccccc21. The first kappa shape index (κ1) is 16.3. The molecule has 1 aromatic carbocycles. The minimum Gasteiger partial charge on any atom is -0.391 e. The van der Waals surface area contributed by atoms with E-state index < -0.39 is 6.10 Å². The highest BCUT2D eigenvalue weighted by molar-refractivity contribution is 5.80. The molecule has 22 heavy (non-hydrogen) atoms. The average Bonchev–Trinajstić information content (AvgIpc) is 2.77. The molecule has 2 unspecified atom stereocenters. The smallest absolute Gasteiger partial charge is 0.329 e. The molecule has 2 atom stereocenters. The molecule has 0 aliphatic carbocycles. The van der Waals surface area contributed by atoms with E-state index >= 15 is 0 Å². The Hall–Kier alpha value is -2.08. The molecule has 6 heteroatoms. The number of rotatable bonds is 6. The van der Waals surface area contributed by atoms with E-state index in [4.69, 9.17) is 0 Å². The van der Waals surface area contributed by atoms with Crippen molar-refractivity contribution >= 4 is 16.9 Å². The van der Waals surface area contributed by atoms with Crippen LogP contribution in [0.15, 0.2) is 29.1 Å². The predicted octanol–water partition coefficient (Wildman–Crippen LogP) is 0.863. The van der Waals surface area contributed by atoms with Crippen LogP contribution in [0.5, 0.6) is 0 Å². The van der Waals surface area contributed by atoms with Crippen molar-refractivity contribution in [3.05, 3.63) is 34.7 Å². The lowest BCUT2D eigenvalue weighted by molar-refractivity contribution is -0.122. The maximum absolute atomic E-state index is 12.2. The zero-order valence-electron chi connectivity index (χ0n) is 13.2. The first-order valence-electron chi connectivity index (χ1n) is 7.54. The van der Waals surface area contributed by atoms with E-state index in [1.165, 1.54) is 9.13 Å². The van der Waals surface area contributed by atoms with Crippen LogP contribution < -0.4 is 11.0 Å². The number of aryl methyl sites for hydroxylation is 1. The highest BCUT2D eigenvalue weighted by Crippen LogP contribution is 2.11. The molecule has 2 aromatic rings. The van der Waals surface area contributed by atoms with Crippen molar-refractivity contribution in [3.8, 4) is 0 Å². The number of carbonyl (C=O) groups excluding carboxylic acids is 1. The summed E-state index contributed by atoms with van der Waals surface area (Å²) in [7, 11) is 1.69. The second-order valence-corrected chi connectivity index (χ2v) is 5.67. The fraction of sp³-hybridized carbons (Fsp3) is 0.500. The number of fused-ring (bicyclic) bond motifs is 1. The summed E-state index contributed by atoms with van der Waals surface area (Å²) in [6.07, 6.45) is 0.276. The van der Waals surface area contributed by atoms with Gasteiger partial charge in [0, 0.05) is 13.6 Å². The standard InChI is InChI=1S/C16H23N3O3/c1-4-11(2)14(20)9-17-15(21)10-19-13-8-6-5-7-12(13)18(3)16(19)22/h5-8,11,14,20H,4,9-10H2,1-3H3,(H,17,21). The van der Waals surface area contributed by atoms with Gasteiger partial charge in [0.1, 0.15) is 6.54 Å².